The molecule has 1 N–H and O–H groups in total. The van der Waals surface area contributed by atoms with Gasteiger partial charge in [-0.25, -0.2) is 9.59 Å². The third-order valence-electron chi connectivity index (χ3n) is 7.12. The van der Waals surface area contributed by atoms with Crippen LogP contribution in [0.1, 0.15) is 17.9 Å². The van der Waals surface area contributed by atoms with E-state index in [4.69, 9.17) is 11.6 Å². The summed E-state index contributed by atoms with van der Waals surface area (Å²) in [6.07, 6.45) is 2.44. The summed E-state index contributed by atoms with van der Waals surface area (Å²) in [6.45, 7) is 0.823. The van der Waals surface area contributed by atoms with Crippen molar-refractivity contribution >= 4 is 35.3 Å². The molecule has 2 aromatic carbocycles. The van der Waals surface area contributed by atoms with Gasteiger partial charge in [0.25, 0.3) is 5.91 Å². The summed E-state index contributed by atoms with van der Waals surface area (Å²) in [5.74, 6) is -0.0408. The summed E-state index contributed by atoms with van der Waals surface area (Å²) in [7, 11) is 0. The van der Waals surface area contributed by atoms with E-state index in [9.17, 15) is 14.4 Å². The van der Waals surface area contributed by atoms with Gasteiger partial charge >= 0.3 is 12.1 Å². The Morgan fingerprint density at radius 1 is 0.972 bits per heavy atom. The zero-order chi connectivity index (χ0) is 24.8. The first-order valence-electron chi connectivity index (χ1n) is 12.0. The number of nitrogens with one attached hydrogen (secondary N) is 1. The minimum Gasteiger partial charge on any atom is -0.320 e. The number of carbonyl (C=O) groups excluding carboxylic acids is 3. The van der Waals surface area contributed by atoms with Crippen LogP contribution in [0.4, 0.5) is 15.3 Å². The van der Waals surface area contributed by atoms with Gasteiger partial charge in [0.2, 0.25) is 0 Å². The Balaban J connectivity index is 1.15. The highest BCUT2D eigenvalue weighted by atomic mass is 35.5. The number of imide groups is 1. The summed E-state index contributed by atoms with van der Waals surface area (Å²) in [5.41, 5.74) is 3.15. The Morgan fingerprint density at radius 3 is 2.53 bits per heavy atom. The minimum absolute atomic E-state index is 0.113. The summed E-state index contributed by atoms with van der Waals surface area (Å²) >= 11 is 6.01. The normalized spacial score (nSPS) is 23.0. The largest absolute Gasteiger partial charge is 0.327 e. The zero-order valence-electron chi connectivity index (χ0n) is 19.4. The van der Waals surface area contributed by atoms with Crippen molar-refractivity contribution < 1.29 is 14.4 Å². The number of aromatic nitrogens is 1. The Bertz CT molecular complexity index is 1330. The van der Waals surface area contributed by atoms with Crippen LogP contribution in [-0.2, 0) is 4.79 Å². The molecule has 5 amide bonds. The number of fused-ring (bicyclic) bond motifs is 1. The van der Waals surface area contributed by atoms with Gasteiger partial charge < -0.3 is 15.1 Å². The summed E-state index contributed by atoms with van der Waals surface area (Å²) < 4.78 is 0. The Morgan fingerprint density at radius 2 is 1.75 bits per heavy atom. The third-order valence-corrected chi connectivity index (χ3v) is 7.38. The molecule has 3 heterocycles. The molecule has 2 saturated heterocycles. The molecule has 1 unspecified atom stereocenters. The highest BCUT2D eigenvalue weighted by molar-refractivity contribution is 6.30. The number of rotatable bonds is 4. The molecule has 3 fully saturated rings. The molecule has 3 aromatic rings. The van der Waals surface area contributed by atoms with E-state index in [0.717, 1.165) is 17.5 Å². The molecule has 1 aromatic heterocycles. The molecule has 3 atom stereocenters. The van der Waals surface area contributed by atoms with E-state index in [0.29, 0.717) is 29.5 Å². The number of amides is 5. The monoisotopic (exact) mass is 501 g/mol. The van der Waals surface area contributed by atoms with Crippen molar-refractivity contribution in [2.24, 2.45) is 0 Å². The van der Waals surface area contributed by atoms with Crippen molar-refractivity contribution in [2.45, 2.75) is 24.4 Å². The average Bonchev–Trinajstić information content (AvgIpc) is 3.65. The maximum absolute atomic E-state index is 13.3. The van der Waals surface area contributed by atoms with Gasteiger partial charge in [-0.05, 0) is 36.2 Å². The lowest BCUT2D eigenvalue weighted by Crippen LogP contribution is -2.55. The van der Waals surface area contributed by atoms with Crippen LogP contribution >= 0.6 is 11.6 Å². The molecule has 1 aliphatic carbocycles. The van der Waals surface area contributed by atoms with E-state index in [2.05, 4.69) is 10.3 Å². The van der Waals surface area contributed by atoms with E-state index < -0.39 is 6.04 Å². The number of pyridine rings is 1. The number of nitrogens with zero attached hydrogens (tertiary/aromatic N) is 4. The van der Waals surface area contributed by atoms with Crippen LogP contribution in [0.3, 0.4) is 0 Å². The maximum Gasteiger partial charge on any atom is 0.327 e. The summed E-state index contributed by atoms with van der Waals surface area (Å²) in [5, 5.41) is 3.55. The number of halogens is 1. The van der Waals surface area contributed by atoms with Crippen LogP contribution < -0.4 is 5.32 Å². The Labute approximate surface area is 213 Å². The summed E-state index contributed by atoms with van der Waals surface area (Å²) in [6, 6.07) is 19.4. The first-order valence-corrected chi connectivity index (χ1v) is 12.3. The van der Waals surface area contributed by atoms with Gasteiger partial charge in [-0.1, -0.05) is 54.1 Å². The van der Waals surface area contributed by atoms with E-state index in [1.165, 1.54) is 4.90 Å². The molecular formula is C27H24ClN5O3. The van der Waals surface area contributed by atoms with Crippen LogP contribution in [0, 0.1) is 0 Å². The standard InChI is InChI=1S/C27H24ClN5O3/c28-19-10-8-18(9-11-19)24-21(7-4-12-29-24)30-26(35)31-13-14-32-23(16-31)25(34)33(27(32)36)22-15-20(22)17-5-2-1-3-6-17/h1-12,20,22-23H,13-16H2,(H,30,35)/t20-,22+,23?/m0/s1. The van der Waals surface area contributed by atoms with Crippen LogP contribution in [0.25, 0.3) is 11.3 Å². The maximum atomic E-state index is 13.3. The van der Waals surface area contributed by atoms with Crippen molar-refractivity contribution in [1.29, 1.82) is 0 Å². The molecule has 2 aliphatic heterocycles. The number of piperazine rings is 1. The fraction of sp³-hybridized carbons (Fsp3) is 0.259. The van der Waals surface area contributed by atoms with E-state index >= 15 is 0 Å². The predicted octanol–water partition coefficient (Wildman–Crippen LogP) is 4.44. The number of anilines is 1. The number of hydrogen-bond acceptors (Lipinski definition) is 4. The lowest BCUT2D eigenvalue weighted by Gasteiger charge is -2.35. The lowest BCUT2D eigenvalue weighted by molar-refractivity contribution is -0.129. The van der Waals surface area contributed by atoms with Gasteiger partial charge in [-0.15, -0.1) is 0 Å². The van der Waals surface area contributed by atoms with Gasteiger partial charge in [0.15, 0.2) is 0 Å². The molecule has 1 saturated carbocycles. The fourth-order valence-corrected chi connectivity index (χ4v) is 5.30. The van der Waals surface area contributed by atoms with Crippen LogP contribution in [0.2, 0.25) is 5.02 Å². The van der Waals surface area contributed by atoms with E-state index in [-0.39, 0.29) is 36.5 Å². The minimum atomic E-state index is -0.654. The molecular weight excluding hydrogens is 478 g/mol. The van der Waals surface area contributed by atoms with Crippen molar-refractivity contribution in [2.75, 3.05) is 25.0 Å². The first-order chi connectivity index (χ1) is 17.5. The van der Waals surface area contributed by atoms with E-state index in [1.807, 2.05) is 42.5 Å². The second-order valence-corrected chi connectivity index (χ2v) is 9.74. The molecule has 3 aliphatic rings. The van der Waals surface area contributed by atoms with Crippen LogP contribution in [0.5, 0.6) is 0 Å². The molecule has 182 valence electrons. The molecule has 36 heavy (non-hydrogen) atoms. The number of carbonyl (C=O) groups is 3. The average molecular weight is 502 g/mol. The number of hydrogen-bond donors (Lipinski definition) is 1. The highest BCUT2D eigenvalue weighted by Gasteiger charge is 2.56. The molecule has 6 rings (SSSR count). The third kappa shape index (κ3) is 3.97. The second-order valence-electron chi connectivity index (χ2n) is 9.30. The number of benzene rings is 2. The van der Waals surface area contributed by atoms with Gasteiger partial charge in [-0.2, -0.15) is 0 Å². The van der Waals surface area contributed by atoms with E-state index in [1.54, 1.807) is 40.3 Å². The van der Waals surface area contributed by atoms with Gasteiger partial charge in [0.1, 0.15) is 6.04 Å². The Hall–Kier alpha value is -3.91. The van der Waals surface area contributed by atoms with Crippen molar-refractivity contribution in [3.05, 3.63) is 83.5 Å². The molecule has 0 radical (unpaired) electrons. The zero-order valence-corrected chi connectivity index (χ0v) is 20.1. The molecule has 8 nitrogen and oxygen atoms in total. The van der Waals surface area contributed by atoms with Crippen LogP contribution in [0.15, 0.2) is 72.9 Å². The van der Waals surface area contributed by atoms with Crippen molar-refractivity contribution in [1.82, 2.24) is 19.7 Å². The van der Waals surface area contributed by atoms with Gasteiger partial charge in [-0.3, -0.25) is 14.7 Å². The fourth-order valence-electron chi connectivity index (χ4n) is 5.17. The lowest BCUT2D eigenvalue weighted by atomic mass is 10.1. The molecule has 0 bridgehead atoms. The Kier molecular flexibility index (Phi) is 5.60. The molecule has 9 heteroatoms. The first kappa shape index (κ1) is 22.5. The van der Waals surface area contributed by atoms with Gasteiger partial charge in [0, 0.05) is 41.8 Å². The SMILES string of the molecule is O=C(Nc1cccnc1-c1ccc(Cl)cc1)N1CCN2C(=O)N([C@@H]3C[C@H]3c3ccccc3)C(=O)C2C1. The van der Waals surface area contributed by atoms with Crippen molar-refractivity contribution in [3.63, 3.8) is 0 Å². The predicted molar refractivity (Wildman–Crippen MR) is 136 cm³/mol. The smallest absolute Gasteiger partial charge is 0.320 e. The second kappa shape index (κ2) is 8.95. The van der Waals surface area contributed by atoms with Crippen LogP contribution in [-0.4, -0.2) is 69.4 Å². The summed E-state index contributed by atoms with van der Waals surface area (Å²) in [4.78, 5) is 48.6. The molecule has 0 spiro atoms. The number of urea groups is 2. The highest BCUT2D eigenvalue weighted by Crippen LogP contribution is 2.46. The quantitative estimate of drug-likeness (QED) is 0.535. The van der Waals surface area contributed by atoms with Gasteiger partial charge in [0.05, 0.1) is 17.9 Å². The topological polar surface area (TPSA) is 85.8 Å². The van der Waals surface area contributed by atoms with Crippen molar-refractivity contribution in [3.8, 4) is 11.3 Å².